The summed E-state index contributed by atoms with van der Waals surface area (Å²) in [5.41, 5.74) is 0.401. The van der Waals surface area contributed by atoms with Crippen LogP contribution in [-0.2, 0) is 14.2 Å². The molecule has 2 atom stereocenters. The molecule has 2 amide bonds. The lowest BCUT2D eigenvalue weighted by molar-refractivity contribution is 0.0513. The highest BCUT2D eigenvalue weighted by atomic mass is 16.6. The highest BCUT2D eigenvalue weighted by Crippen LogP contribution is 2.29. The van der Waals surface area contributed by atoms with Crippen LogP contribution in [0.15, 0.2) is 47.4 Å². The number of nitrogens with one attached hydrogen (secondary N) is 2. The second-order valence-electron chi connectivity index (χ2n) is 10.2. The smallest absolute Gasteiger partial charge is 0.411 e. The average molecular weight is 463 g/mol. The quantitative estimate of drug-likeness (QED) is 0.482. The van der Waals surface area contributed by atoms with E-state index in [0.29, 0.717) is 31.6 Å². The van der Waals surface area contributed by atoms with Crippen molar-refractivity contribution in [2.75, 3.05) is 13.2 Å². The Balaban J connectivity index is 2.13. The van der Waals surface area contributed by atoms with Crippen molar-refractivity contribution in [3.63, 3.8) is 0 Å². The fourth-order valence-corrected chi connectivity index (χ4v) is 3.35. The van der Waals surface area contributed by atoms with E-state index >= 15 is 0 Å². The van der Waals surface area contributed by atoms with E-state index in [1.165, 1.54) is 0 Å². The second kappa shape index (κ2) is 11.4. The molecule has 0 aromatic rings. The third-order valence-electron chi connectivity index (χ3n) is 4.60. The molecule has 0 bridgehead atoms. The minimum absolute atomic E-state index is 0.0638. The van der Waals surface area contributed by atoms with Crippen LogP contribution in [0.1, 0.15) is 60.8 Å². The summed E-state index contributed by atoms with van der Waals surface area (Å²) in [5, 5.41) is 14.6. The molecule has 2 unspecified atom stereocenters. The summed E-state index contributed by atoms with van der Waals surface area (Å²) in [4.78, 5) is 24.7. The van der Waals surface area contributed by atoms with Crippen LogP contribution >= 0.6 is 0 Å². The molecule has 3 N–H and O–H groups in total. The molecule has 0 aromatic carbocycles. The first kappa shape index (κ1) is 26.5. The molecular weight excluding hydrogens is 424 g/mol. The molecule has 2 rings (SSSR count). The number of allylic oxidation sites excluding steroid dienone is 5. The van der Waals surface area contributed by atoms with E-state index in [0.717, 1.165) is 11.3 Å². The van der Waals surface area contributed by atoms with Gasteiger partial charge in [0.2, 0.25) is 0 Å². The van der Waals surface area contributed by atoms with E-state index in [1.54, 1.807) is 20.8 Å². The first-order valence-electron chi connectivity index (χ1n) is 11.4. The normalized spacial score (nSPS) is 20.8. The molecule has 33 heavy (non-hydrogen) atoms. The van der Waals surface area contributed by atoms with E-state index in [2.05, 4.69) is 10.6 Å². The number of hydrogen-bond acceptors (Lipinski definition) is 6. The lowest BCUT2D eigenvalue weighted by atomic mass is 9.86. The third-order valence-corrected chi connectivity index (χ3v) is 4.60. The van der Waals surface area contributed by atoms with Crippen molar-refractivity contribution < 1.29 is 28.9 Å². The zero-order chi connectivity index (χ0) is 24.6. The summed E-state index contributed by atoms with van der Waals surface area (Å²) >= 11 is 0. The Morgan fingerprint density at radius 1 is 1.09 bits per heavy atom. The Labute approximate surface area is 196 Å². The van der Waals surface area contributed by atoms with Crippen LogP contribution in [0, 0.1) is 5.92 Å². The zero-order valence-corrected chi connectivity index (χ0v) is 20.6. The maximum atomic E-state index is 12.3. The van der Waals surface area contributed by atoms with Crippen molar-refractivity contribution in [2.24, 2.45) is 5.92 Å². The lowest BCUT2D eigenvalue weighted by Crippen LogP contribution is -2.41. The summed E-state index contributed by atoms with van der Waals surface area (Å²) in [6.45, 7) is 11.4. The van der Waals surface area contributed by atoms with Crippen molar-refractivity contribution in [2.45, 2.75) is 78.0 Å². The molecule has 2 aliphatic rings. The molecule has 0 radical (unpaired) electrons. The van der Waals surface area contributed by atoms with Gasteiger partial charge in [0.15, 0.2) is 0 Å². The summed E-state index contributed by atoms with van der Waals surface area (Å²) in [6, 6.07) is -0.343. The van der Waals surface area contributed by atoms with Gasteiger partial charge in [-0.15, -0.1) is 0 Å². The maximum Gasteiger partial charge on any atom is 0.411 e. The fourth-order valence-electron chi connectivity index (χ4n) is 3.35. The first-order chi connectivity index (χ1) is 15.3. The van der Waals surface area contributed by atoms with Gasteiger partial charge in [0, 0.05) is 31.1 Å². The van der Waals surface area contributed by atoms with Crippen LogP contribution in [0.25, 0.3) is 0 Å². The maximum absolute atomic E-state index is 12.3. The summed E-state index contributed by atoms with van der Waals surface area (Å²) in [5.74, 6) is 0.837. The summed E-state index contributed by atoms with van der Waals surface area (Å²) in [7, 11) is 0. The molecule has 8 heteroatoms. The summed E-state index contributed by atoms with van der Waals surface area (Å²) < 4.78 is 16.4. The minimum Gasteiger partial charge on any atom is -0.494 e. The molecular formula is C25H38N2O6. The molecule has 8 nitrogen and oxygen atoms in total. The van der Waals surface area contributed by atoms with Gasteiger partial charge in [-0.3, -0.25) is 5.32 Å². The Kier molecular flexibility index (Phi) is 9.16. The monoisotopic (exact) mass is 462 g/mol. The van der Waals surface area contributed by atoms with Gasteiger partial charge in [0.1, 0.15) is 17.0 Å². The van der Waals surface area contributed by atoms with Crippen molar-refractivity contribution in [3.05, 3.63) is 47.4 Å². The van der Waals surface area contributed by atoms with Gasteiger partial charge in [0.05, 0.1) is 12.6 Å². The van der Waals surface area contributed by atoms with E-state index in [-0.39, 0.29) is 18.6 Å². The SMILES string of the molecule is CC(C)(C)OC(=O)NC1=CC(C2C=CC(OCCCO)=CC2)=CC(NC(=O)OC(C)(C)C)C1. The second-order valence-corrected chi connectivity index (χ2v) is 10.2. The van der Waals surface area contributed by atoms with Crippen LogP contribution in [0.2, 0.25) is 0 Å². The number of aliphatic hydroxyl groups excluding tert-OH is 1. The molecule has 0 saturated carbocycles. The highest BCUT2D eigenvalue weighted by Gasteiger charge is 2.26. The number of alkyl carbamates (subject to hydrolysis) is 2. The topological polar surface area (TPSA) is 106 Å². The number of carbonyl (C=O) groups is 2. The Morgan fingerprint density at radius 3 is 2.33 bits per heavy atom. The fraction of sp³-hybridized carbons (Fsp3) is 0.600. The molecule has 0 spiro atoms. The van der Waals surface area contributed by atoms with Crippen LogP contribution in [-0.4, -0.2) is 47.8 Å². The molecule has 0 heterocycles. The molecule has 0 saturated heterocycles. The molecule has 0 fully saturated rings. The molecule has 2 aliphatic carbocycles. The molecule has 184 valence electrons. The van der Waals surface area contributed by atoms with Crippen LogP contribution in [0.5, 0.6) is 0 Å². The predicted molar refractivity (Wildman–Crippen MR) is 126 cm³/mol. The van der Waals surface area contributed by atoms with Crippen LogP contribution in [0.4, 0.5) is 9.59 Å². The Morgan fingerprint density at radius 2 is 1.76 bits per heavy atom. The minimum atomic E-state index is -0.616. The first-order valence-corrected chi connectivity index (χ1v) is 11.4. The van der Waals surface area contributed by atoms with Gasteiger partial charge in [-0.25, -0.2) is 9.59 Å². The third kappa shape index (κ3) is 10.2. The van der Waals surface area contributed by atoms with E-state index in [1.807, 2.05) is 51.2 Å². The largest absolute Gasteiger partial charge is 0.494 e. The van der Waals surface area contributed by atoms with Crippen LogP contribution < -0.4 is 10.6 Å². The van der Waals surface area contributed by atoms with Crippen molar-refractivity contribution in [1.29, 1.82) is 0 Å². The molecule has 0 aliphatic heterocycles. The van der Waals surface area contributed by atoms with E-state index < -0.39 is 23.4 Å². The highest BCUT2D eigenvalue weighted by molar-refractivity contribution is 5.71. The standard InChI is InChI=1S/C25H38N2O6/c1-24(2,3)32-22(29)26-19-14-18(15-20(16-19)27-23(30)33-25(4,5)6)17-8-10-21(11-9-17)31-13-7-12-28/h8,10-11,14-15,17,19,28H,7,9,12-13,16H2,1-6H3,(H,26,29)(H,27,30). The van der Waals surface area contributed by atoms with E-state index in [9.17, 15) is 9.59 Å². The zero-order valence-electron chi connectivity index (χ0n) is 20.6. The predicted octanol–water partition coefficient (Wildman–Crippen LogP) is 4.48. The van der Waals surface area contributed by atoms with E-state index in [4.69, 9.17) is 19.3 Å². The van der Waals surface area contributed by atoms with Gasteiger partial charge in [0.25, 0.3) is 0 Å². The number of aliphatic hydroxyl groups is 1. The van der Waals surface area contributed by atoms with Gasteiger partial charge < -0.3 is 24.6 Å². The Bertz CT molecular complexity index is 827. The van der Waals surface area contributed by atoms with Crippen molar-refractivity contribution in [1.82, 2.24) is 10.6 Å². The number of carbonyl (C=O) groups excluding carboxylic acids is 2. The van der Waals surface area contributed by atoms with Crippen molar-refractivity contribution >= 4 is 12.2 Å². The summed E-state index contributed by atoms with van der Waals surface area (Å²) in [6.07, 6.45) is 10.5. The lowest BCUT2D eigenvalue weighted by Gasteiger charge is -2.28. The van der Waals surface area contributed by atoms with Crippen LogP contribution in [0.3, 0.4) is 0 Å². The number of hydrogen-bond donors (Lipinski definition) is 3. The Hall–Kier alpha value is -2.74. The number of ether oxygens (including phenoxy) is 3. The van der Waals surface area contributed by atoms with Crippen molar-refractivity contribution in [3.8, 4) is 0 Å². The van der Waals surface area contributed by atoms with Gasteiger partial charge >= 0.3 is 12.2 Å². The average Bonchev–Trinajstić information content (AvgIpc) is 2.65. The molecule has 0 aromatic heterocycles. The van der Waals surface area contributed by atoms with Gasteiger partial charge in [-0.2, -0.15) is 0 Å². The van der Waals surface area contributed by atoms with Gasteiger partial charge in [-0.1, -0.05) is 12.2 Å². The van der Waals surface area contributed by atoms with Gasteiger partial charge in [-0.05, 0) is 71.8 Å². The number of rotatable bonds is 7. The number of amides is 2.